The molecule has 1 aliphatic heterocycles. The predicted octanol–water partition coefficient (Wildman–Crippen LogP) is -1.86. The second-order valence-electron chi connectivity index (χ2n) is 2.30. The zero-order valence-corrected chi connectivity index (χ0v) is 6.53. The Kier molecular flexibility index (Phi) is 2.44. The van der Waals surface area contributed by atoms with E-state index in [0.717, 1.165) is 4.90 Å². The fraction of sp³-hybridized carbons (Fsp3) is 0.333. The third kappa shape index (κ3) is 1.93. The van der Waals surface area contributed by atoms with Crippen molar-refractivity contribution >= 4 is 17.8 Å². The Hall–Kier alpha value is -2.10. The summed E-state index contributed by atoms with van der Waals surface area (Å²) in [5.41, 5.74) is 0. The highest BCUT2D eigenvalue weighted by Gasteiger charge is 2.29. The van der Waals surface area contributed by atoms with E-state index in [2.05, 4.69) is 5.32 Å². The lowest BCUT2D eigenvalue weighted by atomic mass is 10.5. The highest BCUT2D eigenvalue weighted by molar-refractivity contribution is 6.04. The molecule has 0 bridgehead atoms. The van der Waals surface area contributed by atoms with Gasteiger partial charge in [0.05, 0.1) is 6.54 Å². The molecule has 1 heterocycles. The number of nitrogens with one attached hydrogen (secondary N) is 2. The number of carbonyl (C=O) groups is 3. The van der Waals surface area contributed by atoms with E-state index in [1.807, 2.05) is 0 Å². The van der Waals surface area contributed by atoms with E-state index in [1.165, 1.54) is 6.19 Å². The van der Waals surface area contributed by atoms with Crippen LogP contribution in [0.3, 0.4) is 0 Å². The normalized spacial score (nSPS) is 15.2. The molecule has 0 atom stereocenters. The van der Waals surface area contributed by atoms with Crippen LogP contribution >= 0.6 is 0 Å². The lowest BCUT2D eigenvalue weighted by Gasteiger charge is -2.09. The van der Waals surface area contributed by atoms with Crippen LogP contribution in [0.15, 0.2) is 0 Å². The van der Waals surface area contributed by atoms with Crippen LogP contribution in [0.5, 0.6) is 0 Å². The number of urea groups is 1. The number of nitriles is 1. The summed E-state index contributed by atoms with van der Waals surface area (Å²) in [6.07, 6.45) is 1.40. The van der Waals surface area contributed by atoms with Crippen molar-refractivity contribution in [1.82, 2.24) is 15.5 Å². The molecule has 0 spiro atoms. The Morgan fingerprint density at radius 3 is 2.85 bits per heavy atom. The first-order valence-electron chi connectivity index (χ1n) is 3.41. The van der Waals surface area contributed by atoms with Crippen molar-refractivity contribution in [2.75, 3.05) is 13.1 Å². The third-order valence-corrected chi connectivity index (χ3v) is 1.43. The molecule has 13 heavy (non-hydrogen) atoms. The van der Waals surface area contributed by atoms with Crippen molar-refractivity contribution < 1.29 is 14.4 Å². The van der Waals surface area contributed by atoms with Crippen molar-refractivity contribution in [2.45, 2.75) is 0 Å². The molecule has 0 radical (unpaired) electrons. The highest BCUT2D eigenvalue weighted by atomic mass is 16.2. The maximum atomic E-state index is 10.9. The van der Waals surface area contributed by atoms with Gasteiger partial charge in [0, 0.05) is 0 Å². The number of hydrogen-bond donors (Lipinski definition) is 2. The molecule has 7 nitrogen and oxygen atoms in total. The topological polar surface area (TPSA) is 102 Å². The van der Waals surface area contributed by atoms with Crippen molar-refractivity contribution in [3.05, 3.63) is 0 Å². The summed E-state index contributed by atoms with van der Waals surface area (Å²) in [5.74, 6) is -1.16. The minimum atomic E-state index is -0.687. The van der Waals surface area contributed by atoms with Crippen molar-refractivity contribution in [3.63, 3.8) is 0 Å². The molecule has 0 saturated carbocycles. The summed E-state index contributed by atoms with van der Waals surface area (Å²) in [4.78, 5) is 33.3. The van der Waals surface area contributed by atoms with E-state index in [-0.39, 0.29) is 6.54 Å². The quantitative estimate of drug-likeness (QED) is 0.297. The largest absolute Gasteiger partial charge is 0.329 e. The van der Waals surface area contributed by atoms with Crippen LogP contribution in [-0.4, -0.2) is 35.8 Å². The number of hydrogen-bond acceptors (Lipinski definition) is 4. The van der Waals surface area contributed by atoms with Crippen LogP contribution in [0.2, 0.25) is 0 Å². The van der Waals surface area contributed by atoms with Gasteiger partial charge in [0.25, 0.3) is 11.8 Å². The van der Waals surface area contributed by atoms with Gasteiger partial charge in [-0.3, -0.25) is 19.8 Å². The molecule has 0 unspecified atom stereocenters. The first-order chi connectivity index (χ1) is 6.15. The fourth-order valence-corrected chi connectivity index (χ4v) is 0.861. The van der Waals surface area contributed by atoms with Gasteiger partial charge in [0.15, 0.2) is 6.19 Å². The first-order valence-corrected chi connectivity index (χ1v) is 3.41. The maximum Gasteiger partial charge on any atom is 0.325 e. The maximum absolute atomic E-state index is 10.9. The molecule has 2 N–H and O–H groups in total. The van der Waals surface area contributed by atoms with Gasteiger partial charge in [0.1, 0.15) is 6.54 Å². The monoisotopic (exact) mass is 182 g/mol. The molecular weight excluding hydrogens is 176 g/mol. The summed E-state index contributed by atoms with van der Waals surface area (Å²) >= 11 is 0. The molecule has 68 valence electrons. The van der Waals surface area contributed by atoms with Crippen LogP contribution < -0.4 is 10.6 Å². The van der Waals surface area contributed by atoms with E-state index in [4.69, 9.17) is 5.26 Å². The molecule has 0 aliphatic carbocycles. The van der Waals surface area contributed by atoms with Crippen LogP contribution in [0.4, 0.5) is 4.79 Å². The minimum absolute atomic E-state index is 0.0985. The Morgan fingerprint density at radius 2 is 2.38 bits per heavy atom. The van der Waals surface area contributed by atoms with Crippen molar-refractivity contribution in [2.24, 2.45) is 0 Å². The Balaban J connectivity index is 2.54. The Morgan fingerprint density at radius 1 is 1.69 bits per heavy atom. The van der Waals surface area contributed by atoms with Crippen LogP contribution in [0.25, 0.3) is 0 Å². The van der Waals surface area contributed by atoms with Crippen molar-refractivity contribution in [3.8, 4) is 6.19 Å². The second-order valence-corrected chi connectivity index (χ2v) is 2.30. The van der Waals surface area contributed by atoms with E-state index >= 15 is 0 Å². The first kappa shape index (κ1) is 8.99. The van der Waals surface area contributed by atoms with Crippen LogP contribution in [0, 0.1) is 11.5 Å². The Bertz CT molecular complexity index is 289. The molecule has 4 amide bonds. The zero-order valence-electron chi connectivity index (χ0n) is 6.53. The second kappa shape index (κ2) is 3.53. The molecule has 7 heteroatoms. The van der Waals surface area contributed by atoms with Gasteiger partial charge in [-0.05, 0) is 0 Å². The van der Waals surface area contributed by atoms with E-state index in [9.17, 15) is 14.4 Å². The fourth-order valence-electron chi connectivity index (χ4n) is 0.861. The van der Waals surface area contributed by atoms with Gasteiger partial charge in [0.2, 0.25) is 0 Å². The molecule has 0 aromatic carbocycles. The van der Waals surface area contributed by atoms with Gasteiger partial charge in [-0.25, -0.2) is 4.79 Å². The summed E-state index contributed by atoms with van der Waals surface area (Å²) in [5, 5.41) is 12.1. The summed E-state index contributed by atoms with van der Waals surface area (Å²) < 4.78 is 0. The molecule has 1 rings (SSSR count). The predicted molar refractivity (Wildman–Crippen MR) is 38.9 cm³/mol. The lowest BCUT2D eigenvalue weighted by Crippen LogP contribution is -2.39. The highest BCUT2D eigenvalue weighted by Crippen LogP contribution is 1.97. The number of imide groups is 1. The van der Waals surface area contributed by atoms with Gasteiger partial charge >= 0.3 is 6.03 Å². The molecular formula is C6H6N4O3. The zero-order chi connectivity index (χ0) is 9.84. The average molecular weight is 182 g/mol. The summed E-state index contributed by atoms with van der Waals surface area (Å²) in [7, 11) is 0. The minimum Gasteiger partial charge on any atom is -0.329 e. The summed E-state index contributed by atoms with van der Waals surface area (Å²) in [6, 6.07) is -0.613. The standard InChI is InChI=1S/C6H6N4O3/c7-3-9-4(11)2-10-5(12)1-8-6(10)13/h1-2H2,(H,8,13)(H,9,11). The average Bonchev–Trinajstić information content (AvgIpc) is 2.36. The van der Waals surface area contributed by atoms with Gasteiger partial charge in [-0.15, -0.1) is 0 Å². The van der Waals surface area contributed by atoms with Crippen LogP contribution in [0.1, 0.15) is 0 Å². The third-order valence-electron chi connectivity index (χ3n) is 1.43. The number of nitrogens with zero attached hydrogens (tertiary/aromatic N) is 2. The molecule has 0 aromatic heterocycles. The number of rotatable bonds is 2. The Labute approximate surface area is 73.3 Å². The molecule has 0 aromatic rings. The molecule has 1 saturated heterocycles. The van der Waals surface area contributed by atoms with Gasteiger partial charge < -0.3 is 5.32 Å². The van der Waals surface area contributed by atoms with Crippen LogP contribution in [-0.2, 0) is 9.59 Å². The SMILES string of the molecule is N#CNC(=O)CN1C(=O)CNC1=O. The number of carbonyl (C=O) groups excluding carboxylic acids is 3. The van der Waals surface area contributed by atoms with Gasteiger partial charge in [-0.2, -0.15) is 5.26 Å². The van der Waals surface area contributed by atoms with E-state index in [0.29, 0.717) is 0 Å². The van der Waals surface area contributed by atoms with E-state index in [1.54, 1.807) is 5.32 Å². The van der Waals surface area contributed by atoms with Gasteiger partial charge in [-0.1, -0.05) is 0 Å². The van der Waals surface area contributed by atoms with Crippen molar-refractivity contribution in [1.29, 1.82) is 5.26 Å². The summed E-state index contributed by atoms with van der Waals surface area (Å²) in [6.45, 7) is -0.517. The number of amides is 4. The lowest BCUT2D eigenvalue weighted by molar-refractivity contribution is -0.130. The smallest absolute Gasteiger partial charge is 0.325 e. The molecule has 1 aliphatic rings. The van der Waals surface area contributed by atoms with E-state index < -0.39 is 24.4 Å². The molecule has 1 fully saturated rings.